The van der Waals surface area contributed by atoms with E-state index in [9.17, 15) is 39.0 Å². The molecule has 1 aromatic rings. The van der Waals surface area contributed by atoms with Gasteiger partial charge in [0.15, 0.2) is 6.23 Å². The third-order valence-corrected chi connectivity index (χ3v) is 13.3. The summed E-state index contributed by atoms with van der Waals surface area (Å²) in [4.78, 5) is 39.0. The molecule has 0 spiro atoms. The molecule has 0 aromatic carbocycles. The molecule has 17 nitrogen and oxygen atoms in total. The van der Waals surface area contributed by atoms with Crippen LogP contribution in [-0.4, -0.2) is 81.5 Å². The first-order valence-corrected chi connectivity index (χ1v) is 26.0. The van der Waals surface area contributed by atoms with Crippen molar-refractivity contribution in [3.8, 4) is 6.01 Å². The van der Waals surface area contributed by atoms with Gasteiger partial charge in [-0.05, 0) is 18.9 Å². The minimum atomic E-state index is -5.55. The molecule has 2 rings (SSSR count). The van der Waals surface area contributed by atoms with E-state index in [2.05, 4.69) is 23.1 Å². The number of hydrogen-bond donors (Lipinski definition) is 4. The first-order valence-electron chi connectivity index (χ1n) is 23.0. The van der Waals surface area contributed by atoms with Crippen LogP contribution in [0.2, 0.25) is 0 Å². The molecule has 0 bridgehead atoms. The molecule has 1 saturated heterocycles. The summed E-state index contributed by atoms with van der Waals surface area (Å²) in [5.74, 6) is -0.548. The molecule has 21 heteroatoms. The van der Waals surface area contributed by atoms with Gasteiger partial charge in [0.2, 0.25) is 0 Å². The summed E-state index contributed by atoms with van der Waals surface area (Å²) in [5.41, 5.74) is -0.339. The maximum atomic E-state index is 12.8. The molecule has 2 heterocycles. The largest absolute Gasteiger partial charge is 1.00 e. The summed E-state index contributed by atoms with van der Waals surface area (Å²) in [6.45, 7) is 2.95. The van der Waals surface area contributed by atoms with Crippen LogP contribution >= 0.6 is 15.6 Å². The fourth-order valence-corrected chi connectivity index (χ4v) is 9.20. The van der Waals surface area contributed by atoms with Gasteiger partial charge in [0.25, 0.3) is 7.82 Å². The van der Waals surface area contributed by atoms with Crippen molar-refractivity contribution in [1.82, 2.24) is 9.55 Å². The molecule has 0 amide bonds. The number of rotatable bonds is 39. The Bertz CT molecular complexity index is 1470. The van der Waals surface area contributed by atoms with Gasteiger partial charge in [-0.15, -0.1) is 0 Å². The van der Waals surface area contributed by atoms with E-state index >= 15 is 0 Å². The zero-order valence-corrected chi connectivity index (χ0v) is 44.7. The monoisotopic (exact) mass is 955 g/mol. The van der Waals surface area contributed by atoms with Crippen molar-refractivity contribution < 1.29 is 126 Å². The Labute approximate surface area is 420 Å². The van der Waals surface area contributed by atoms with E-state index in [-0.39, 0.29) is 77.6 Å². The third-order valence-electron chi connectivity index (χ3n) is 10.7. The summed E-state index contributed by atoms with van der Waals surface area (Å²) >= 11 is 0. The zero-order chi connectivity index (χ0) is 44.8. The van der Waals surface area contributed by atoms with Crippen LogP contribution in [0.25, 0.3) is 0 Å². The number of aromatic nitrogens is 2. The molecule has 1 aliphatic heterocycles. The summed E-state index contributed by atoms with van der Waals surface area (Å²) in [6.07, 6.45) is 22.9. The average molecular weight is 956 g/mol. The maximum absolute atomic E-state index is 12.8. The Balaban J connectivity index is 0.0000192. The van der Waals surface area contributed by atoms with Crippen molar-refractivity contribution in [3.05, 3.63) is 17.8 Å². The van der Waals surface area contributed by atoms with Crippen LogP contribution < -0.4 is 74.6 Å². The van der Waals surface area contributed by atoms with E-state index in [1.165, 1.54) is 109 Å². The molecule has 1 fully saturated rings. The molecule has 0 saturated carbocycles. The smallest absolute Gasteiger partial charge is 0.846 e. The number of carbonyl (C=O) groups excluding carboxylic acids is 1. The minimum absolute atomic E-state index is 0. The molecule has 0 aliphatic carbocycles. The van der Waals surface area contributed by atoms with Gasteiger partial charge < -0.3 is 48.4 Å². The van der Waals surface area contributed by atoms with Crippen LogP contribution in [-0.2, 0) is 41.5 Å². The number of carbonyl (C=O) groups is 1. The average Bonchev–Trinajstić information content (AvgIpc) is 3.49. The Morgan fingerprint density at radius 2 is 1.25 bits per heavy atom. The Hall–Kier alpha value is 0.250. The number of nitrogens with one attached hydrogen (secondary N) is 1. The number of hydrogen-bond acceptors (Lipinski definition) is 15. The second kappa shape index (κ2) is 38.1. The van der Waals surface area contributed by atoms with Crippen molar-refractivity contribution in [2.24, 2.45) is 0 Å². The summed E-state index contributed by atoms with van der Waals surface area (Å²) in [6, 6.07) is 0.192. The van der Waals surface area contributed by atoms with Crippen LogP contribution in [0.3, 0.4) is 0 Å². The van der Waals surface area contributed by atoms with Crippen molar-refractivity contribution in [2.45, 2.75) is 211 Å². The van der Waals surface area contributed by atoms with E-state index in [0.717, 1.165) is 61.8 Å². The number of aliphatic hydroxyl groups is 2. The van der Waals surface area contributed by atoms with Gasteiger partial charge in [0, 0.05) is 19.2 Å². The predicted octanol–water partition coefficient (Wildman–Crippen LogP) is 1.79. The number of phosphoric ester groups is 2. The fraction of sp³-hybridized carbons (Fsp3) is 0.881. The zero-order valence-electron chi connectivity index (χ0n) is 38.9. The quantitative estimate of drug-likeness (QED) is 0.0318. The number of ether oxygens (including phenoxy) is 3. The van der Waals surface area contributed by atoms with Gasteiger partial charge in [0.05, 0.1) is 25.8 Å². The number of nitrogens with zero attached hydrogens (tertiary/aromatic N) is 2. The fourth-order valence-electron chi connectivity index (χ4n) is 7.13. The van der Waals surface area contributed by atoms with Crippen LogP contribution in [0, 0.1) is 5.41 Å². The molecule has 0 radical (unpaired) electrons. The van der Waals surface area contributed by atoms with Gasteiger partial charge in [-0.1, -0.05) is 162 Å². The van der Waals surface area contributed by atoms with E-state index < -0.39 is 71.5 Å². The van der Waals surface area contributed by atoms with Gasteiger partial charge in [0.1, 0.15) is 29.9 Å². The number of phosphoric acid groups is 2. The molecule has 1 aromatic heterocycles. The van der Waals surface area contributed by atoms with Gasteiger partial charge in [-0.3, -0.25) is 19.3 Å². The molecule has 1 aliphatic rings. The third kappa shape index (κ3) is 30.4. The number of aliphatic hydroxyl groups excluding tert-OH is 2. The SMILES string of the molecule is CCCCCCCCCCCCCCCC(=O)O[C@@H](COCCCCCCCCCCCCCC)COP(=O)([O-])OP(=O)(O)OC[C@H]1O[C@@H](n2ccc(=N)nc2[O-])[C@@H](O)[C@@H]1O.[Na+].[Na+]. The van der Waals surface area contributed by atoms with Crippen molar-refractivity contribution in [3.63, 3.8) is 0 Å². The van der Waals surface area contributed by atoms with E-state index in [1.54, 1.807) is 0 Å². The van der Waals surface area contributed by atoms with Crippen molar-refractivity contribution >= 4 is 21.6 Å². The molecule has 4 N–H and O–H groups in total. The topological polar surface area (TPSA) is 255 Å². The van der Waals surface area contributed by atoms with E-state index in [0.29, 0.717) is 13.0 Å². The predicted molar refractivity (Wildman–Crippen MR) is 226 cm³/mol. The Kier molecular flexibility index (Phi) is 38.3. The van der Waals surface area contributed by atoms with Crippen LogP contribution in [0.15, 0.2) is 12.3 Å². The molecular weight excluding hydrogens is 878 g/mol. The van der Waals surface area contributed by atoms with Gasteiger partial charge >= 0.3 is 72.9 Å². The maximum Gasteiger partial charge on any atom is 1.00 e. The first-order chi connectivity index (χ1) is 29.3. The minimum Gasteiger partial charge on any atom is -0.846 e. The van der Waals surface area contributed by atoms with Crippen molar-refractivity contribution in [1.29, 1.82) is 5.41 Å². The molecular formula is C42H77N3Na2O14P2. The normalized spacial score (nSPS) is 19.7. The van der Waals surface area contributed by atoms with Crippen LogP contribution in [0.4, 0.5) is 0 Å². The molecule has 356 valence electrons. The van der Waals surface area contributed by atoms with Gasteiger partial charge in [-0.2, -0.15) is 0 Å². The van der Waals surface area contributed by atoms with E-state index in [4.69, 9.17) is 28.7 Å². The number of unbranched alkanes of at least 4 members (excludes halogenated alkanes) is 23. The second-order valence-electron chi connectivity index (χ2n) is 16.2. The molecule has 63 heavy (non-hydrogen) atoms. The summed E-state index contributed by atoms with van der Waals surface area (Å²) in [5, 5.41) is 40.4. The van der Waals surface area contributed by atoms with Gasteiger partial charge in [-0.25, -0.2) is 13.9 Å². The number of esters is 1. The molecule has 7 atom stereocenters. The second-order valence-corrected chi connectivity index (χ2v) is 19.2. The first kappa shape index (κ1) is 63.2. The van der Waals surface area contributed by atoms with E-state index in [1.807, 2.05) is 0 Å². The Morgan fingerprint density at radius 1 is 0.778 bits per heavy atom. The Morgan fingerprint density at radius 3 is 1.75 bits per heavy atom. The molecule has 2 unspecified atom stereocenters. The standard InChI is InChI=1S/C42H79N3O14P2.2Na/c1-3-5-7-9-11-13-15-17-18-20-22-24-26-28-38(46)57-35(32-54-31-27-25-23-21-19-16-14-12-10-8-6-4-2)33-55-60(50,51)59-61(52,53)56-34-36-39(47)40(48)41(58-36)45-30-29-37(43)44-42(45)49;;/h29-30,35-36,39-41,47-48H,3-28,31-34H2,1-2H3,(H,50,51)(H,52,53)(H2,43,44,49);;/q;2*+1/p-2/t35-,36+,39+,40-,41+;;/m0../s1. The van der Waals surface area contributed by atoms with Crippen LogP contribution in [0.1, 0.15) is 187 Å². The summed E-state index contributed by atoms with van der Waals surface area (Å²) < 4.78 is 56.7. The van der Waals surface area contributed by atoms with Crippen molar-refractivity contribution in [2.75, 3.05) is 26.4 Å². The summed E-state index contributed by atoms with van der Waals surface area (Å²) in [7, 11) is -11.0. The van der Waals surface area contributed by atoms with Crippen LogP contribution in [0.5, 0.6) is 6.01 Å².